The fourth-order valence-electron chi connectivity index (χ4n) is 1.72. The first-order valence-electron chi connectivity index (χ1n) is 5.37. The molecule has 1 aliphatic rings. The molecule has 1 N–H and O–H groups in total. The van der Waals surface area contributed by atoms with Crippen LogP contribution in [0.5, 0.6) is 0 Å². The second kappa shape index (κ2) is 4.97. The Kier molecular flexibility index (Phi) is 3.38. The lowest BCUT2D eigenvalue weighted by Gasteiger charge is -2.12. The maximum Gasteiger partial charge on any atom is 0.326 e. The molecule has 1 aromatic carbocycles. The number of nitrogens with zero attached hydrogens (tertiary/aromatic N) is 1. The number of aliphatic hydroxyl groups excluding tert-OH is 1. The number of hydrogen-bond acceptors (Lipinski definition) is 5. The van der Waals surface area contributed by atoms with Gasteiger partial charge in [-0.25, -0.2) is 0 Å². The van der Waals surface area contributed by atoms with E-state index < -0.39 is 24.3 Å². The number of carbonyl (C=O) groups excluding carboxylic acids is 3. The maximum absolute atomic E-state index is 11.9. The number of carbonyl (C=O) groups is 3. The summed E-state index contributed by atoms with van der Waals surface area (Å²) < 4.78 is 4.61. The van der Waals surface area contributed by atoms with E-state index in [9.17, 15) is 14.4 Å². The van der Waals surface area contributed by atoms with Gasteiger partial charge in [0, 0.05) is 0 Å². The van der Waals surface area contributed by atoms with Crippen LogP contribution < -0.4 is 0 Å². The van der Waals surface area contributed by atoms with Crippen LogP contribution >= 0.6 is 0 Å². The second-order valence-electron chi connectivity index (χ2n) is 3.69. The van der Waals surface area contributed by atoms with Crippen molar-refractivity contribution < 1.29 is 24.2 Å². The first kappa shape index (κ1) is 12.3. The number of amides is 2. The molecule has 6 heteroatoms. The Bertz CT molecular complexity index is 476. The zero-order chi connectivity index (χ0) is 13.1. The highest BCUT2D eigenvalue weighted by Crippen LogP contribution is 2.21. The zero-order valence-corrected chi connectivity index (χ0v) is 9.46. The van der Waals surface area contributed by atoms with Gasteiger partial charge in [0.05, 0.1) is 17.7 Å². The highest BCUT2D eigenvalue weighted by molar-refractivity contribution is 6.22. The van der Waals surface area contributed by atoms with Crippen LogP contribution in [-0.2, 0) is 9.53 Å². The van der Waals surface area contributed by atoms with E-state index in [1.807, 2.05) is 0 Å². The van der Waals surface area contributed by atoms with Crippen molar-refractivity contribution in [2.75, 3.05) is 19.8 Å². The molecule has 0 saturated carbocycles. The number of esters is 1. The van der Waals surface area contributed by atoms with Gasteiger partial charge in [0.2, 0.25) is 0 Å². The van der Waals surface area contributed by atoms with Gasteiger partial charge in [-0.3, -0.25) is 19.3 Å². The van der Waals surface area contributed by atoms with Gasteiger partial charge in [0.1, 0.15) is 13.2 Å². The van der Waals surface area contributed by atoms with Gasteiger partial charge in [-0.15, -0.1) is 0 Å². The number of aliphatic hydroxyl groups is 1. The average molecular weight is 249 g/mol. The number of fused-ring (bicyclic) bond motifs is 1. The molecule has 0 saturated heterocycles. The molecule has 0 radical (unpaired) electrons. The van der Waals surface area contributed by atoms with E-state index in [0.29, 0.717) is 0 Å². The van der Waals surface area contributed by atoms with Crippen molar-refractivity contribution in [3.8, 4) is 0 Å². The predicted molar refractivity (Wildman–Crippen MR) is 59.9 cm³/mol. The molecule has 0 unspecified atom stereocenters. The van der Waals surface area contributed by atoms with Crippen LogP contribution in [0, 0.1) is 0 Å². The van der Waals surface area contributed by atoms with E-state index in [1.54, 1.807) is 12.1 Å². The van der Waals surface area contributed by atoms with Crippen molar-refractivity contribution in [2.45, 2.75) is 0 Å². The molecule has 0 aliphatic carbocycles. The van der Waals surface area contributed by atoms with E-state index in [1.165, 1.54) is 12.1 Å². The smallest absolute Gasteiger partial charge is 0.326 e. The summed E-state index contributed by atoms with van der Waals surface area (Å²) in [5, 5.41) is 8.50. The van der Waals surface area contributed by atoms with Gasteiger partial charge < -0.3 is 9.84 Å². The quantitative estimate of drug-likeness (QED) is 0.591. The fourth-order valence-corrected chi connectivity index (χ4v) is 1.72. The van der Waals surface area contributed by atoms with Crippen molar-refractivity contribution in [1.82, 2.24) is 4.90 Å². The normalized spacial score (nSPS) is 13.7. The van der Waals surface area contributed by atoms with Gasteiger partial charge in [0.15, 0.2) is 0 Å². The summed E-state index contributed by atoms with van der Waals surface area (Å²) in [6.45, 7) is -0.887. The molecular weight excluding hydrogens is 238 g/mol. The molecule has 0 atom stereocenters. The van der Waals surface area contributed by atoms with Crippen LogP contribution in [0.15, 0.2) is 24.3 Å². The van der Waals surface area contributed by atoms with E-state index >= 15 is 0 Å². The average Bonchev–Trinajstić information content (AvgIpc) is 2.62. The largest absolute Gasteiger partial charge is 0.462 e. The minimum absolute atomic E-state index is 0.151. The Morgan fingerprint density at radius 2 is 1.72 bits per heavy atom. The van der Waals surface area contributed by atoms with Crippen LogP contribution in [0.4, 0.5) is 0 Å². The summed E-state index contributed by atoms with van der Waals surface area (Å²) in [5.41, 5.74) is 0.579. The lowest BCUT2D eigenvalue weighted by molar-refractivity contribution is -0.144. The fraction of sp³-hybridized carbons (Fsp3) is 0.250. The van der Waals surface area contributed by atoms with Gasteiger partial charge >= 0.3 is 5.97 Å². The second-order valence-corrected chi connectivity index (χ2v) is 3.69. The van der Waals surface area contributed by atoms with Crippen molar-refractivity contribution in [1.29, 1.82) is 0 Å². The molecule has 1 heterocycles. The molecule has 1 aliphatic heterocycles. The minimum atomic E-state index is -0.724. The molecule has 2 amide bonds. The predicted octanol–water partition coefficient (Wildman–Crippen LogP) is -0.182. The summed E-state index contributed by atoms with van der Waals surface area (Å²) in [5.74, 6) is -1.73. The van der Waals surface area contributed by atoms with Crippen molar-refractivity contribution in [3.63, 3.8) is 0 Å². The summed E-state index contributed by atoms with van der Waals surface area (Å²) in [6.07, 6.45) is 0. The van der Waals surface area contributed by atoms with Crippen LogP contribution in [0.3, 0.4) is 0 Å². The molecule has 0 spiro atoms. The Morgan fingerprint density at radius 3 is 2.22 bits per heavy atom. The molecular formula is C12H11NO5. The Labute approximate surface area is 103 Å². The van der Waals surface area contributed by atoms with Crippen molar-refractivity contribution in [3.05, 3.63) is 35.4 Å². The molecule has 1 aromatic rings. The van der Waals surface area contributed by atoms with Gasteiger partial charge in [-0.2, -0.15) is 0 Å². The van der Waals surface area contributed by atoms with E-state index in [0.717, 1.165) is 4.90 Å². The van der Waals surface area contributed by atoms with Gasteiger partial charge in [0.25, 0.3) is 11.8 Å². The molecule has 0 aromatic heterocycles. The van der Waals surface area contributed by atoms with E-state index in [-0.39, 0.29) is 24.3 Å². The SMILES string of the molecule is O=C(CN1C(=O)c2ccccc2C1=O)OCCO. The molecule has 0 fully saturated rings. The third-order valence-corrected chi connectivity index (χ3v) is 2.52. The third-order valence-electron chi connectivity index (χ3n) is 2.52. The van der Waals surface area contributed by atoms with Crippen molar-refractivity contribution in [2.24, 2.45) is 0 Å². The van der Waals surface area contributed by atoms with Crippen LogP contribution in [-0.4, -0.2) is 47.5 Å². The van der Waals surface area contributed by atoms with Gasteiger partial charge in [-0.1, -0.05) is 12.1 Å². The highest BCUT2D eigenvalue weighted by Gasteiger charge is 2.36. The Hall–Kier alpha value is -2.21. The third kappa shape index (κ3) is 2.10. The number of ether oxygens (including phenoxy) is 1. The maximum atomic E-state index is 11.9. The van der Waals surface area contributed by atoms with E-state index in [2.05, 4.69) is 4.74 Å². The number of rotatable bonds is 4. The summed E-state index contributed by atoms with van der Waals surface area (Å²) in [6, 6.07) is 6.37. The Morgan fingerprint density at radius 1 is 1.17 bits per heavy atom. The first-order valence-corrected chi connectivity index (χ1v) is 5.37. The number of benzene rings is 1. The summed E-state index contributed by atoms with van der Waals surface area (Å²) in [7, 11) is 0. The van der Waals surface area contributed by atoms with Gasteiger partial charge in [-0.05, 0) is 12.1 Å². The number of imide groups is 1. The lowest BCUT2D eigenvalue weighted by atomic mass is 10.1. The van der Waals surface area contributed by atoms with Crippen LogP contribution in [0.2, 0.25) is 0 Å². The highest BCUT2D eigenvalue weighted by atomic mass is 16.5. The molecule has 18 heavy (non-hydrogen) atoms. The van der Waals surface area contributed by atoms with E-state index in [4.69, 9.17) is 5.11 Å². The zero-order valence-electron chi connectivity index (χ0n) is 9.46. The minimum Gasteiger partial charge on any atom is -0.462 e. The molecule has 2 rings (SSSR count). The number of hydrogen-bond donors (Lipinski definition) is 1. The topological polar surface area (TPSA) is 83.9 Å². The molecule has 94 valence electrons. The monoisotopic (exact) mass is 249 g/mol. The standard InChI is InChI=1S/C12H11NO5/c14-5-6-18-10(15)7-13-11(16)8-3-1-2-4-9(8)12(13)17/h1-4,14H,5-7H2. The lowest BCUT2D eigenvalue weighted by Crippen LogP contribution is -2.35. The molecule has 6 nitrogen and oxygen atoms in total. The summed E-state index contributed by atoms with van der Waals surface area (Å²) >= 11 is 0. The first-order chi connectivity index (χ1) is 8.65. The molecule has 0 bridgehead atoms. The van der Waals surface area contributed by atoms with Crippen molar-refractivity contribution >= 4 is 17.8 Å². The van der Waals surface area contributed by atoms with Crippen LogP contribution in [0.1, 0.15) is 20.7 Å². The Balaban J connectivity index is 2.11. The summed E-state index contributed by atoms with van der Waals surface area (Å²) in [4.78, 5) is 35.9. The van der Waals surface area contributed by atoms with Crippen LogP contribution in [0.25, 0.3) is 0 Å².